The zero-order valence-electron chi connectivity index (χ0n) is 6.24. The molecule has 3 nitrogen and oxygen atoms in total. The van der Waals surface area contributed by atoms with E-state index >= 15 is 0 Å². The molecule has 1 atom stereocenters. The minimum absolute atomic E-state index is 0.00157. The van der Waals surface area contributed by atoms with Gasteiger partial charge in [0.25, 0.3) is 0 Å². The first kappa shape index (κ1) is 9.30. The summed E-state index contributed by atoms with van der Waals surface area (Å²) in [6.45, 7) is 3.73. The van der Waals surface area contributed by atoms with E-state index in [1.165, 1.54) is 0 Å². The molecule has 0 aromatic heterocycles. The molecule has 1 unspecified atom stereocenters. The van der Waals surface area contributed by atoms with Crippen molar-refractivity contribution in [3.05, 3.63) is 0 Å². The lowest BCUT2D eigenvalue weighted by atomic mass is 10.1. The molecule has 0 fully saturated rings. The topological polar surface area (TPSA) is 43.4 Å². The second-order valence-corrected chi connectivity index (χ2v) is 2.34. The molecule has 0 rings (SSSR count). The Balaban J connectivity index is 3.59. The maximum absolute atomic E-state index is 10.2. The van der Waals surface area contributed by atoms with E-state index in [1.807, 2.05) is 13.8 Å². The number of ether oxygens (including phenoxy) is 1. The van der Waals surface area contributed by atoms with E-state index in [2.05, 4.69) is 0 Å². The predicted molar refractivity (Wildman–Crippen MR) is 36.7 cm³/mol. The van der Waals surface area contributed by atoms with Crippen molar-refractivity contribution in [2.75, 3.05) is 6.61 Å². The van der Waals surface area contributed by atoms with Crippen LogP contribution < -0.4 is 0 Å². The van der Waals surface area contributed by atoms with Crippen molar-refractivity contribution >= 4 is 12.6 Å². The van der Waals surface area contributed by atoms with Crippen molar-refractivity contribution in [3.8, 4) is 0 Å². The summed E-state index contributed by atoms with van der Waals surface area (Å²) in [4.78, 5) is 20.0. The van der Waals surface area contributed by atoms with E-state index in [0.717, 1.165) is 0 Å². The Labute approximate surface area is 60.4 Å². The largest absolute Gasteiger partial charge is 0.363 e. The van der Waals surface area contributed by atoms with Crippen molar-refractivity contribution in [1.82, 2.24) is 0 Å². The molecule has 0 radical (unpaired) electrons. The van der Waals surface area contributed by atoms with Crippen LogP contribution in [0.25, 0.3) is 0 Å². The average molecular weight is 144 g/mol. The quantitative estimate of drug-likeness (QED) is 0.525. The maximum Gasteiger partial charge on any atom is 0.149 e. The van der Waals surface area contributed by atoms with Crippen LogP contribution in [0.15, 0.2) is 0 Å². The summed E-state index contributed by atoms with van der Waals surface area (Å²) in [5.74, 6) is 0.137. The molecule has 0 aliphatic carbocycles. The molecule has 0 heterocycles. The van der Waals surface area contributed by atoms with Crippen molar-refractivity contribution in [1.29, 1.82) is 0 Å². The van der Waals surface area contributed by atoms with Gasteiger partial charge < -0.3 is 14.3 Å². The molecular formula is C7H12O3. The molecular weight excluding hydrogens is 132 g/mol. The van der Waals surface area contributed by atoms with E-state index in [-0.39, 0.29) is 12.5 Å². The van der Waals surface area contributed by atoms with E-state index in [0.29, 0.717) is 12.6 Å². The maximum atomic E-state index is 10.2. The van der Waals surface area contributed by atoms with E-state index in [4.69, 9.17) is 4.74 Å². The monoisotopic (exact) mass is 144 g/mol. The summed E-state index contributed by atoms with van der Waals surface area (Å²) in [5, 5.41) is 0. The Bertz CT molecular complexity index is 109. The molecule has 0 amide bonds. The fourth-order valence-corrected chi connectivity index (χ4v) is 0.539. The third kappa shape index (κ3) is 3.35. The summed E-state index contributed by atoms with van der Waals surface area (Å²) in [6, 6.07) is 0. The Kier molecular flexibility index (Phi) is 4.76. The zero-order valence-corrected chi connectivity index (χ0v) is 6.24. The second-order valence-electron chi connectivity index (χ2n) is 2.34. The Morgan fingerprint density at radius 3 is 2.30 bits per heavy atom. The molecule has 0 saturated carbocycles. The number of carbonyl (C=O) groups excluding carboxylic acids is 2. The van der Waals surface area contributed by atoms with Gasteiger partial charge in [0.1, 0.15) is 25.3 Å². The number of carbonyl (C=O) groups is 2. The van der Waals surface area contributed by atoms with Gasteiger partial charge in [0.05, 0.1) is 0 Å². The number of aldehydes is 2. The van der Waals surface area contributed by atoms with Crippen LogP contribution in [-0.2, 0) is 14.3 Å². The summed E-state index contributed by atoms with van der Waals surface area (Å²) in [5.41, 5.74) is 0. The van der Waals surface area contributed by atoms with Crippen LogP contribution in [0.1, 0.15) is 13.8 Å². The van der Waals surface area contributed by atoms with Crippen molar-refractivity contribution in [2.24, 2.45) is 5.92 Å². The standard InChI is InChI=1S/C7H12O3/c1-6(2)7(5-9)10-4-3-8/h3,5-7H,4H2,1-2H3. The van der Waals surface area contributed by atoms with Crippen LogP contribution in [0, 0.1) is 5.92 Å². The fraction of sp³-hybridized carbons (Fsp3) is 0.714. The SMILES string of the molecule is CC(C)C(C=O)OCC=O. The lowest BCUT2D eigenvalue weighted by Gasteiger charge is -2.12. The molecule has 0 aliphatic heterocycles. The van der Waals surface area contributed by atoms with E-state index in [1.54, 1.807) is 0 Å². The molecule has 3 heteroatoms. The highest BCUT2D eigenvalue weighted by Gasteiger charge is 2.10. The van der Waals surface area contributed by atoms with Gasteiger partial charge in [0.2, 0.25) is 0 Å². The molecule has 0 N–H and O–H groups in total. The molecule has 58 valence electrons. The van der Waals surface area contributed by atoms with Gasteiger partial charge in [0.15, 0.2) is 0 Å². The summed E-state index contributed by atoms with van der Waals surface area (Å²) in [7, 11) is 0. The van der Waals surface area contributed by atoms with Crippen LogP contribution in [0.4, 0.5) is 0 Å². The average Bonchev–Trinajstić information content (AvgIpc) is 1.89. The minimum Gasteiger partial charge on any atom is -0.363 e. The zero-order chi connectivity index (χ0) is 7.98. The summed E-state index contributed by atoms with van der Waals surface area (Å²) < 4.78 is 4.87. The van der Waals surface area contributed by atoms with Gasteiger partial charge in [-0.3, -0.25) is 0 Å². The van der Waals surface area contributed by atoms with Crippen LogP contribution >= 0.6 is 0 Å². The molecule has 0 aliphatic rings. The molecule has 0 spiro atoms. The van der Waals surface area contributed by atoms with Crippen LogP contribution in [-0.4, -0.2) is 25.3 Å². The smallest absolute Gasteiger partial charge is 0.149 e. The number of hydrogen-bond acceptors (Lipinski definition) is 3. The molecule has 0 aromatic carbocycles. The van der Waals surface area contributed by atoms with Crippen molar-refractivity contribution in [2.45, 2.75) is 20.0 Å². The normalized spacial score (nSPS) is 13.1. The molecule has 0 saturated heterocycles. The summed E-state index contributed by atoms with van der Waals surface area (Å²) in [6.07, 6.45) is 0.915. The van der Waals surface area contributed by atoms with Crippen molar-refractivity contribution < 1.29 is 14.3 Å². The number of rotatable bonds is 5. The molecule has 0 bridgehead atoms. The van der Waals surface area contributed by atoms with Gasteiger partial charge in [-0.1, -0.05) is 13.8 Å². The Hall–Kier alpha value is -0.700. The molecule has 10 heavy (non-hydrogen) atoms. The Morgan fingerprint density at radius 2 is 2.00 bits per heavy atom. The first-order chi connectivity index (χ1) is 4.72. The van der Waals surface area contributed by atoms with Gasteiger partial charge in [-0.05, 0) is 5.92 Å². The highest BCUT2D eigenvalue weighted by atomic mass is 16.5. The van der Waals surface area contributed by atoms with E-state index < -0.39 is 6.10 Å². The fourth-order valence-electron chi connectivity index (χ4n) is 0.539. The predicted octanol–water partition coefficient (Wildman–Crippen LogP) is 0.425. The highest BCUT2D eigenvalue weighted by molar-refractivity contribution is 5.57. The molecule has 0 aromatic rings. The van der Waals surface area contributed by atoms with Crippen LogP contribution in [0.5, 0.6) is 0 Å². The first-order valence-electron chi connectivity index (χ1n) is 3.23. The van der Waals surface area contributed by atoms with Crippen LogP contribution in [0.2, 0.25) is 0 Å². The van der Waals surface area contributed by atoms with Gasteiger partial charge >= 0.3 is 0 Å². The third-order valence-electron chi connectivity index (χ3n) is 1.15. The lowest BCUT2D eigenvalue weighted by Crippen LogP contribution is -2.22. The van der Waals surface area contributed by atoms with Crippen LogP contribution in [0.3, 0.4) is 0 Å². The van der Waals surface area contributed by atoms with E-state index in [9.17, 15) is 9.59 Å². The second kappa shape index (κ2) is 5.11. The first-order valence-corrected chi connectivity index (χ1v) is 3.23. The highest BCUT2D eigenvalue weighted by Crippen LogP contribution is 2.02. The minimum atomic E-state index is -0.440. The number of hydrogen-bond donors (Lipinski definition) is 0. The van der Waals surface area contributed by atoms with Gasteiger partial charge in [-0.25, -0.2) is 0 Å². The Morgan fingerprint density at radius 1 is 1.40 bits per heavy atom. The third-order valence-corrected chi connectivity index (χ3v) is 1.15. The summed E-state index contributed by atoms with van der Waals surface area (Å²) >= 11 is 0. The van der Waals surface area contributed by atoms with Gasteiger partial charge in [-0.2, -0.15) is 0 Å². The van der Waals surface area contributed by atoms with Gasteiger partial charge in [0, 0.05) is 0 Å². The lowest BCUT2D eigenvalue weighted by molar-refractivity contribution is -0.124. The van der Waals surface area contributed by atoms with Gasteiger partial charge in [-0.15, -0.1) is 0 Å². The van der Waals surface area contributed by atoms with Crippen molar-refractivity contribution in [3.63, 3.8) is 0 Å².